The van der Waals surface area contributed by atoms with Gasteiger partial charge < -0.3 is 30.2 Å². The number of urea groups is 1. The minimum absolute atomic E-state index is 0.0217. The maximum atomic E-state index is 14.3. The van der Waals surface area contributed by atoms with Crippen molar-refractivity contribution in [3.8, 4) is 5.88 Å². The van der Waals surface area contributed by atoms with Crippen LogP contribution in [0.5, 0.6) is 5.88 Å². The molecule has 4 rings (SSSR count). The molecule has 1 fully saturated rings. The third-order valence-electron chi connectivity index (χ3n) is 9.07. The first kappa shape index (κ1) is 39.3. The van der Waals surface area contributed by atoms with Gasteiger partial charge in [0.05, 0.1) is 30.4 Å². The van der Waals surface area contributed by atoms with Gasteiger partial charge in [0.2, 0.25) is 21.8 Å². The van der Waals surface area contributed by atoms with Crippen molar-refractivity contribution in [3.05, 3.63) is 89.6 Å². The fraction of sp³-hybridized carbons (Fsp3) is 0.459. The van der Waals surface area contributed by atoms with Crippen molar-refractivity contribution in [3.63, 3.8) is 0 Å². The molecule has 1 saturated heterocycles. The molecule has 2 aromatic carbocycles. The number of ether oxygens (including phenoxy) is 1. The second kappa shape index (κ2) is 18.1. The standard InChI is InChI=1S/C37H50N6O7S/c1-6-27(4)35(43-19-18-41(37(43)46)24-30-14-17-34(50-5)38-21-30)36(45)40-32(20-28-10-8-7-9-11-28)33(44)25-42(23-26(2)3)51(48,49)31-15-12-29(13-16-31)22-39-47/h7-17,21-22,26-27,32-33,35,44,47H,6,18-20,23-25H2,1-5H3,(H,40,45)/b39-22+/t27-,32-,33+,35-/m0/s1. The van der Waals surface area contributed by atoms with E-state index in [9.17, 15) is 23.1 Å². The van der Waals surface area contributed by atoms with Crippen LogP contribution in [-0.4, -0.2) is 107 Å². The summed E-state index contributed by atoms with van der Waals surface area (Å²) in [6.45, 7) is 8.60. The zero-order valence-corrected chi connectivity index (χ0v) is 30.7. The average Bonchev–Trinajstić information content (AvgIpc) is 3.46. The van der Waals surface area contributed by atoms with Crippen LogP contribution in [0.3, 0.4) is 0 Å². The summed E-state index contributed by atoms with van der Waals surface area (Å²) in [7, 11) is -2.53. The highest BCUT2D eigenvalue weighted by atomic mass is 32.2. The molecule has 13 nitrogen and oxygen atoms in total. The summed E-state index contributed by atoms with van der Waals surface area (Å²) in [5, 5.41) is 26.7. The van der Waals surface area contributed by atoms with E-state index in [0.717, 1.165) is 11.1 Å². The van der Waals surface area contributed by atoms with Gasteiger partial charge in [-0.05, 0) is 47.1 Å². The number of hydrogen-bond acceptors (Lipinski definition) is 9. The molecule has 2 heterocycles. The molecule has 3 amide bonds. The number of aliphatic hydroxyl groups is 1. The Hall–Kier alpha value is -4.53. The summed E-state index contributed by atoms with van der Waals surface area (Å²) in [6.07, 6.45) is 2.42. The summed E-state index contributed by atoms with van der Waals surface area (Å²) < 4.78 is 34.2. The first-order valence-corrected chi connectivity index (χ1v) is 18.7. The van der Waals surface area contributed by atoms with E-state index in [-0.39, 0.29) is 42.3 Å². The monoisotopic (exact) mass is 722 g/mol. The van der Waals surface area contributed by atoms with E-state index in [0.29, 0.717) is 37.5 Å². The maximum absolute atomic E-state index is 14.3. The average molecular weight is 723 g/mol. The van der Waals surface area contributed by atoms with Crippen LogP contribution in [-0.2, 0) is 27.8 Å². The Morgan fingerprint density at radius 3 is 2.33 bits per heavy atom. The lowest BCUT2D eigenvalue weighted by Crippen LogP contribution is -2.57. The number of benzene rings is 2. The molecular weight excluding hydrogens is 673 g/mol. The fourth-order valence-electron chi connectivity index (χ4n) is 6.16. The van der Waals surface area contributed by atoms with E-state index in [1.54, 1.807) is 22.1 Å². The van der Waals surface area contributed by atoms with Crippen molar-refractivity contribution < 1.29 is 33.1 Å². The third kappa shape index (κ3) is 10.3. The van der Waals surface area contributed by atoms with Crippen molar-refractivity contribution in [1.82, 2.24) is 24.4 Å². The maximum Gasteiger partial charge on any atom is 0.321 e. The summed E-state index contributed by atoms with van der Waals surface area (Å²) >= 11 is 0. The number of pyridine rings is 1. The number of carbonyl (C=O) groups excluding carboxylic acids is 2. The highest BCUT2D eigenvalue weighted by molar-refractivity contribution is 7.89. The van der Waals surface area contributed by atoms with Gasteiger partial charge in [-0.2, -0.15) is 4.31 Å². The van der Waals surface area contributed by atoms with Gasteiger partial charge in [-0.25, -0.2) is 18.2 Å². The highest BCUT2D eigenvalue weighted by Gasteiger charge is 2.41. The van der Waals surface area contributed by atoms with Crippen molar-refractivity contribution >= 4 is 28.2 Å². The number of sulfonamides is 1. The predicted octanol–water partition coefficient (Wildman–Crippen LogP) is 3.99. The van der Waals surface area contributed by atoms with Crippen LogP contribution in [0.1, 0.15) is 50.8 Å². The molecule has 0 spiro atoms. The molecular formula is C37H50N6O7S. The molecule has 0 unspecified atom stereocenters. The van der Waals surface area contributed by atoms with E-state index in [1.165, 1.54) is 41.9 Å². The Morgan fingerprint density at radius 1 is 1.04 bits per heavy atom. The Balaban J connectivity index is 1.58. The van der Waals surface area contributed by atoms with Gasteiger partial charge in [-0.1, -0.05) is 87.8 Å². The van der Waals surface area contributed by atoms with Gasteiger partial charge in [0.15, 0.2) is 0 Å². The van der Waals surface area contributed by atoms with Crippen LogP contribution in [0.2, 0.25) is 0 Å². The van der Waals surface area contributed by atoms with Crippen molar-refractivity contribution in [1.29, 1.82) is 0 Å². The number of methoxy groups -OCH3 is 1. The van der Waals surface area contributed by atoms with E-state index in [1.807, 2.05) is 64.1 Å². The Labute approximate surface area is 301 Å². The normalized spacial score (nSPS) is 16.1. The summed E-state index contributed by atoms with van der Waals surface area (Å²) in [6, 6.07) is 16.9. The molecule has 51 heavy (non-hydrogen) atoms. The Morgan fingerprint density at radius 2 is 1.75 bits per heavy atom. The number of aromatic nitrogens is 1. The Bertz CT molecular complexity index is 1710. The quantitative estimate of drug-likeness (QED) is 0.101. The van der Waals surface area contributed by atoms with Crippen molar-refractivity contribution in [2.75, 3.05) is 33.3 Å². The zero-order chi connectivity index (χ0) is 37.1. The van der Waals surface area contributed by atoms with Crippen molar-refractivity contribution in [2.24, 2.45) is 17.0 Å². The van der Waals surface area contributed by atoms with Crippen LogP contribution in [0.25, 0.3) is 0 Å². The molecule has 0 radical (unpaired) electrons. The lowest BCUT2D eigenvalue weighted by atomic mass is 9.95. The summed E-state index contributed by atoms with van der Waals surface area (Å²) in [5.74, 6) is -0.211. The summed E-state index contributed by atoms with van der Waals surface area (Å²) in [5.41, 5.74) is 2.20. The van der Waals surface area contributed by atoms with E-state index in [2.05, 4.69) is 15.5 Å². The van der Waals surface area contributed by atoms with E-state index in [4.69, 9.17) is 9.94 Å². The first-order chi connectivity index (χ1) is 24.4. The van der Waals surface area contributed by atoms with Gasteiger partial charge in [0.25, 0.3) is 0 Å². The lowest BCUT2D eigenvalue weighted by molar-refractivity contribution is -0.128. The molecule has 3 aromatic rings. The van der Waals surface area contributed by atoms with Gasteiger partial charge in [-0.15, -0.1) is 0 Å². The fourth-order valence-corrected chi connectivity index (χ4v) is 7.78. The third-order valence-corrected chi connectivity index (χ3v) is 10.9. The molecule has 14 heteroatoms. The van der Waals surface area contributed by atoms with E-state index < -0.39 is 34.1 Å². The molecule has 1 aromatic heterocycles. The van der Waals surface area contributed by atoms with Crippen molar-refractivity contribution in [2.45, 2.75) is 70.2 Å². The van der Waals surface area contributed by atoms with Crippen LogP contribution >= 0.6 is 0 Å². The topological polar surface area (TPSA) is 165 Å². The number of hydrogen-bond donors (Lipinski definition) is 3. The summed E-state index contributed by atoms with van der Waals surface area (Å²) in [4.78, 5) is 35.5. The first-order valence-electron chi connectivity index (χ1n) is 17.2. The number of amides is 3. The number of aliphatic hydroxyl groups excluding tert-OH is 1. The minimum atomic E-state index is -4.06. The van der Waals surface area contributed by atoms with Crippen LogP contribution in [0.4, 0.5) is 4.79 Å². The SMILES string of the molecule is CC[C@H](C)[C@@H](C(=O)N[C@@H](Cc1ccccc1)[C@H](O)CN(CC(C)C)S(=O)(=O)c1ccc(/C=N/O)cc1)N1CCN(Cc2ccc(OC)nc2)C1=O. The van der Waals surface area contributed by atoms with Gasteiger partial charge in [-0.3, -0.25) is 4.79 Å². The molecule has 4 atom stereocenters. The number of rotatable bonds is 18. The highest BCUT2D eigenvalue weighted by Crippen LogP contribution is 2.24. The largest absolute Gasteiger partial charge is 0.481 e. The second-order valence-electron chi connectivity index (χ2n) is 13.3. The number of nitrogens with zero attached hydrogens (tertiary/aromatic N) is 5. The molecule has 0 bridgehead atoms. The smallest absolute Gasteiger partial charge is 0.321 e. The van der Waals surface area contributed by atoms with Gasteiger partial charge in [0.1, 0.15) is 6.04 Å². The molecule has 1 aliphatic heterocycles. The Kier molecular flexibility index (Phi) is 13.9. The van der Waals surface area contributed by atoms with Crippen LogP contribution < -0.4 is 10.1 Å². The number of nitrogens with one attached hydrogen (secondary N) is 1. The molecule has 276 valence electrons. The zero-order valence-electron chi connectivity index (χ0n) is 29.9. The predicted molar refractivity (Wildman–Crippen MR) is 194 cm³/mol. The van der Waals surface area contributed by atoms with Gasteiger partial charge >= 0.3 is 6.03 Å². The van der Waals surface area contributed by atoms with Crippen LogP contribution in [0.15, 0.2) is 83.0 Å². The van der Waals surface area contributed by atoms with Gasteiger partial charge in [0, 0.05) is 45.0 Å². The second-order valence-corrected chi connectivity index (χ2v) is 15.3. The molecule has 0 aliphatic carbocycles. The molecule has 0 saturated carbocycles. The lowest BCUT2D eigenvalue weighted by Gasteiger charge is -2.35. The van der Waals surface area contributed by atoms with Crippen LogP contribution in [0, 0.1) is 11.8 Å². The number of carbonyl (C=O) groups is 2. The molecule has 1 aliphatic rings. The van der Waals surface area contributed by atoms with E-state index >= 15 is 0 Å². The molecule has 3 N–H and O–H groups in total. The minimum Gasteiger partial charge on any atom is -0.481 e. The number of oxime groups is 1.